The van der Waals surface area contributed by atoms with Crippen molar-refractivity contribution in [3.05, 3.63) is 40.5 Å². The van der Waals surface area contributed by atoms with Crippen molar-refractivity contribution in [2.45, 2.75) is 128 Å². The summed E-state index contributed by atoms with van der Waals surface area (Å²) in [7, 11) is -3.64. The summed E-state index contributed by atoms with van der Waals surface area (Å²) in [6.07, 6.45) is -0.319. The third-order valence-electron chi connectivity index (χ3n) is 10.3. The highest BCUT2D eigenvalue weighted by molar-refractivity contribution is 6.75. The Balaban J connectivity index is 1.53. The normalized spacial score (nSPS) is 28.9. The van der Waals surface area contributed by atoms with Gasteiger partial charge in [-0.1, -0.05) is 48.1 Å². The maximum atomic E-state index is 13.9. The summed E-state index contributed by atoms with van der Waals surface area (Å²) in [5, 5.41) is 0.871. The largest absolute Gasteiger partial charge is 0.510 e. The number of rotatable bonds is 5. The zero-order valence-electron chi connectivity index (χ0n) is 29.8. The molecular weight excluding hydrogens is 633 g/mol. The first-order chi connectivity index (χ1) is 21.8. The summed E-state index contributed by atoms with van der Waals surface area (Å²) in [5.41, 5.74) is 4.06. The Labute approximate surface area is 280 Å². The topological polar surface area (TPSA) is 90.9 Å². The number of Topliss-reactive ketones (excluding diaryl/α,β-unsaturated/α-hetero) is 1. The Hall–Kier alpha value is -2.26. The zero-order chi connectivity index (χ0) is 34.1. The van der Waals surface area contributed by atoms with Gasteiger partial charge in [-0.05, 0) is 51.0 Å². The fourth-order valence-corrected chi connectivity index (χ4v) is 14.1. The van der Waals surface area contributed by atoms with Gasteiger partial charge in [-0.25, -0.2) is 0 Å². The molecule has 0 saturated carbocycles. The highest BCUT2D eigenvalue weighted by Crippen LogP contribution is 2.63. The van der Waals surface area contributed by atoms with Gasteiger partial charge < -0.3 is 37.0 Å². The molecule has 4 aliphatic heterocycles. The molecule has 0 unspecified atom stereocenters. The molecule has 5 aliphatic rings. The molecule has 0 amide bonds. The summed E-state index contributed by atoms with van der Waals surface area (Å²) in [6, 6.07) is 2.12. The molecule has 2 aromatic carbocycles. The van der Waals surface area contributed by atoms with Gasteiger partial charge in [0, 0.05) is 38.6 Å². The number of fused-ring (bicyclic) bond motifs is 4. The number of ketones is 1. The second kappa shape index (κ2) is 10.6. The minimum Gasteiger partial charge on any atom is -0.510 e. The van der Waals surface area contributed by atoms with E-state index in [-0.39, 0.29) is 15.9 Å². The van der Waals surface area contributed by atoms with E-state index in [2.05, 4.69) is 80.8 Å². The number of carbonyl (C=O) groups excluding carboxylic acids is 1. The van der Waals surface area contributed by atoms with Crippen molar-refractivity contribution in [1.29, 1.82) is 0 Å². The van der Waals surface area contributed by atoms with Gasteiger partial charge in [0.25, 0.3) is 0 Å². The van der Waals surface area contributed by atoms with Gasteiger partial charge in [0.2, 0.25) is 12.1 Å². The second-order valence-corrected chi connectivity index (χ2v) is 25.8. The minimum atomic E-state index is -3.25. The third kappa shape index (κ3) is 4.67. The van der Waals surface area contributed by atoms with Crippen molar-refractivity contribution in [1.82, 2.24) is 0 Å². The standard InChI is InChI=1S/C36H50O9Si2/c1-19-18-22-26-29(24(19)31-32-27(43-46(10,11)12)20(2)36(41-31,42-32)33-39-16-17-40-33)44-47(34(3,4)5,35(6,7)8)45-30(26)25-21(28(22)38-9)14-13-15-23(25)37/h18,27,31-33H,2,13-17H2,1,3-12H3/t27-,31+,32-,36-/m1/s1. The molecule has 7 rings (SSSR count). The Morgan fingerprint density at radius 1 is 0.979 bits per heavy atom. The van der Waals surface area contributed by atoms with Crippen LogP contribution < -0.4 is 13.6 Å². The summed E-state index contributed by atoms with van der Waals surface area (Å²) < 4.78 is 53.6. The van der Waals surface area contributed by atoms with E-state index in [1.807, 2.05) is 0 Å². The Morgan fingerprint density at radius 3 is 2.21 bits per heavy atom. The average molecular weight is 683 g/mol. The first-order valence-electron chi connectivity index (χ1n) is 16.9. The van der Waals surface area contributed by atoms with E-state index in [9.17, 15) is 4.79 Å². The van der Waals surface area contributed by atoms with Gasteiger partial charge in [-0.15, -0.1) is 0 Å². The van der Waals surface area contributed by atoms with Gasteiger partial charge in [0.05, 0.1) is 31.3 Å². The number of hydrogen-bond acceptors (Lipinski definition) is 9. The van der Waals surface area contributed by atoms with E-state index >= 15 is 0 Å². The maximum absolute atomic E-state index is 13.9. The number of aryl methyl sites for hydroxylation is 1. The van der Waals surface area contributed by atoms with Crippen LogP contribution in [0.5, 0.6) is 17.2 Å². The lowest BCUT2D eigenvalue weighted by molar-refractivity contribution is -0.260. The number of ether oxygens (including phenoxy) is 5. The molecular formula is C36H50O9Si2. The van der Waals surface area contributed by atoms with Gasteiger partial charge in [-0.2, -0.15) is 0 Å². The van der Waals surface area contributed by atoms with Crippen LogP contribution >= 0.6 is 0 Å². The molecule has 9 nitrogen and oxygen atoms in total. The highest BCUT2D eigenvalue weighted by Gasteiger charge is 2.69. The first-order valence-corrected chi connectivity index (χ1v) is 22.1. The van der Waals surface area contributed by atoms with Crippen molar-refractivity contribution in [3.63, 3.8) is 0 Å². The smallest absolute Gasteiger partial charge is 0.471 e. The monoisotopic (exact) mass is 682 g/mol. The van der Waals surface area contributed by atoms with Crippen LogP contribution in [0.25, 0.3) is 10.8 Å². The van der Waals surface area contributed by atoms with Crippen LogP contribution in [0, 0.1) is 6.92 Å². The Bertz CT molecular complexity index is 1660. The van der Waals surface area contributed by atoms with E-state index in [1.165, 1.54) is 0 Å². The molecule has 2 aromatic rings. The van der Waals surface area contributed by atoms with Crippen molar-refractivity contribution in [3.8, 4) is 17.2 Å². The summed E-state index contributed by atoms with van der Waals surface area (Å²) >= 11 is 0. The summed E-state index contributed by atoms with van der Waals surface area (Å²) in [5.74, 6) is 0.762. The van der Waals surface area contributed by atoms with E-state index in [0.717, 1.165) is 40.3 Å². The predicted molar refractivity (Wildman–Crippen MR) is 183 cm³/mol. The van der Waals surface area contributed by atoms with Gasteiger partial charge >= 0.3 is 8.56 Å². The van der Waals surface area contributed by atoms with E-state index < -0.39 is 47.3 Å². The van der Waals surface area contributed by atoms with Crippen LogP contribution in [0.3, 0.4) is 0 Å². The van der Waals surface area contributed by atoms with Crippen molar-refractivity contribution < 1.29 is 41.8 Å². The lowest BCUT2D eigenvalue weighted by Crippen LogP contribution is -2.63. The molecule has 11 heteroatoms. The zero-order valence-corrected chi connectivity index (χ0v) is 31.8. The van der Waals surface area contributed by atoms with Gasteiger partial charge in [0.1, 0.15) is 35.6 Å². The maximum Gasteiger partial charge on any atom is 0.471 e. The summed E-state index contributed by atoms with van der Waals surface area (Å²) in [4.78, 5) is 13.9. The fraction of sp³-hybridized carbons (Fsp3) is 0.639. The molecule has 256 valence electrons. The molecule has 3 saturated heterocycles. The quantitative estimate of drug-likeness (QED) is 0.231. The molecule has 3 fully saturated rings. The molecule has 0 spiro atoms. The molecule has 47 heavy (non-hydrogen) atoms. The second-order valence-electron chi connectivity index (χ2n) is 16.7. The SMILES string of the molecule is C=C1[C@@H](O[Si](C)(C)C)[C@H]2O[C@]1(C1OCCO1)O[C@H]2c1c(C)cc2c(OC)c3c(c4c2c1O[Si](C(C)(C)C)(C(C)(C)C)O4)C(=O)CCC3. The first kappa shape index (κ1) is 33.3. The molecule has 0 aromatic heterocycles. The number of carbonyl (C=O) groups is 1. The molecule has 1 aliphatic carbocycles. The van der Waals surface area contributed by atoms with Crippen LogP contribution in [0.4, 0.5) is 0 Å². The van der Waals surface area contributed by atoms with Crippen LogP contribution in [-0.4, -0.2) is 67.3 Å². The van der Waals surface area contributed by atoms with Gasteiger partial charge in [-0.3, -0.25) is 4.79 Å². The molecule has 4 heterocycles. The van der Waals surface area contributed by atoms with Crippen LogP contribution in [0.2, 0.25) is 29.7 Å². The average Bonchev–Trinajstić information content (AvgIpc) is 3.68. The van der Waals surface area contributed by atoms with Crippen molar-refractivity contribution in [2.24, 2.45) is 0 Å². The predicted octanol–water partition coefficient (Wildman–Crippen LogP) is 7.81. The minimum absolute atomic E-state index is 0.0797. The van der Waals surface area contributed by atoms with Crippen LogP contribution in [0.1, 0.15) is 87.5 Å². The lowest BCUT2D eigenvalue weighted by atomic mass is 9.83. The fourth-order valence-electron chi connectivity index (χ4n) is 8.57. The lowest BCUT2D eigenvalue weighted by Gasteiger charge is -2.51. The molecule has 4 atom stereocenters. The van der Waals surface area contributed by atoms with E-state index in [4.69, 9.17) is 37.0 Å². The van der Waals surface area contributed by atoms with Gasteiger partial charge in [0.15, 0.2) is 14.1 Å². The van der Waals surface area contributed by atoms with Crippen LogP contribution in [0.15, 0.2) is 18.2 Å². The highest BCUT2D eigenvalue weighted by atomic mass is 28.4. The van der Waals surface area contributed by atoms with Crippen LogP contribution in [-0.2, 0) is 29.8 Å². The molecule has 2 bridgehead atoms. The molecule has 0 radical (unpaired) electrons. The third-order valence-corrected chi connectivity index (χ3v) is 16.2. The number of hydrogen-bond donors (Lipinski definition) is 0. The molecule has 0 N–H and O–H groups in total. The van der Waals surface area contributed by atoms with Crippen molar-refractivity contribution in [2.75, 3.05) is 20.3 Å². The van der Waals surface area contributed by atoms with E-state index in [1.54, 1.807) is 7.11 Å². The number of methoxy groups -OCH3 is 1. The van der Waals surface area contributed by atoms with Crippen molar-refractivity contribution >= 4 is 33.4 Å². The summed E-state index contributed by atoms with van der Waals surface area (Å²) in [6.45, 7) is 27.0. The Morgan fingerprint density at radius 2 is 1.62 bits per heavy atom. The number of benzene rings is 2. The van der Waals surface area contributed by atoms with E-state index in [0.29, 0.717) is 48.0 Å². The Kier molecular flexibility index (Phi) is 7.51.